The molecule has 104 valence electrons. The number of hydrogen-bond acceptors (Lipinski definition) is 2. The summed E-state index contributed by atoms with van der Waals surface area (Å²) in [5.41, 5.74) is 0.151. The highest BCUT2D eigenvalue weighted by Gasteiger charge is 2.16. The number of carbonyl (C=O) groups excluding carboxylic acids is 1. The Morgan fingerprint density at radius 1 is 1.15 bits per heavy atom. The number of amides is 1. The number of halogens is 2. The first-order valence-electron chi connectivity index (χ1n) is 6.06. The summed E-state index contributed by atoms with van der Waals surface area (Å²) < 4.78 is 12.8. The SMILES string of the molecule is CN(c1ccccc1)c1ccccc1NC(=O)C(F)Cl. The zero-order valence-corrected chi connectivity index (χ0v) is 11.6. The smallest absolute Gasteiger partial charge is 0.274 e. The van der Waals surface area contributed by atoms with Crippen molar-refractivity contribution in [1.29, 1.82) is 0 Å². The van der Waals surface area contributed by atoms with Gasteiger partial charge in [0.1, 0.15) is 0 Å². The lowest BCUT2D eigenvalue weighted by molar-refractivity contribution is -0.118. The number of nitrogens with one attached hydrogen (secondary N) is 1. The molecule has 5 heteroatoms. The average molecular weight is 293 g/mol. The van der Waals surface area contributed by atoms with Gasteiger partial charge < -0.3 is 10.2 Å². The summed E-state index contributed by atoms with van der Waals surface area (Å²) in [7, 11) is 1.87. The molecule has 1 N–H and O–H groups in total. The van der Waals surface area contributed by atoms with E-state index in [1.165, 1.54) is 0 Å². The van der Waals surface area contributed by atoms with Crippen LogP contribution in [0, 0.1) is 0 Å². The van der Waals surface area contributed by atoms with E-state index in [0.717, 1.165) is 11.4 Å². The summed E-state index contributed by atoms with van der Waals surface area (Å²) in [6, 6.07) is 16.8. The predicted molar refractivity (Wildman–Crippen MR) is 80.3 cm³/mol. The van der Waals surface area contributed by atoms with Gasteiger partial charge in [-0.15, -0.1) is 0 Å². The first-order chi connectivity index (χ1) is 9.59. The summed E-state index contributed by atoms with van der Waals surface area (Å²) >= 11 is 5.13. The van der Waals surface area contributed by atoms with Crippen LogP contribution in [0.25, 0.3) is 0 Å². The lowest BCUT2D eigenvalue weighted by Crippen LogP contribution is -2.21. The lowest BCUT2D eigenvalue weighted by atomic mass is 10.2. The van der Waals surface area contributed by atoms with Crippen LogP contribution in [0.2, 0.25) is 0 Å². The van der Waals surface area contributed by atoms with Crippen LogP contribution < -0.4 is 10.2 Å². The molecule has 1 unspecified atom stereocenters. The number of alkyl halides is 2. The third-order valence-electron chi connectivity index (χ3n) is 2.86. The number of carbonyl (C=O) groups is 1. The third kappa shape index (κ3) is 3.27. The molecular weight excluding hydrogens is 279 g/mol. The molecular formula is C15H14ClFN2O. The highest BCUT2D eigenvalue weighted by molar-refractivity contribution is 6.31. The Kier molecular flexibility index (Phi) is 4.58. The molecule has 1 atom stereocenters. The van der Waals surface area contributed by atoms with Gasteiger partial charge in [0.15, 0.2) is 0 Å². The van der Waals surface area contributed by atoms with Crippen molar-refractivity contribution in [3.05, 3.63) is 54.6 Å². The minimum atomic E-state index is -2.06. The second kappa shape index (κ2) is 6.39. The molecule has 0 aliphatic rings. The molecule has 3 nitrogen and oxygen atoms in total. The maximum Gasteiger partial charge on any atom is 0.274 e. The molecule has 2 aromatic rings. The normalized spacial score (nSPS) is 11.8. The maximum absolute atomic E-state index is 12.8. The Labute approximate surface area is 122 Å². The molecule has 0 fully saturated rings. The molecule has 2 aromatic carbocycles. The Hall–Kier alpha value is -2.07. The summed E-state index contributed by atoms with van der Waals surface area (Å²) in [5, 5.41) is 2.47. The number of rotatable bonds is 4. The van der Waals surface area contributed by atoms with Gasteiger partial charge >= 0.3 is 0 Å². The highest BCUT2D eigenvalue weighted by atomic mass is 35.5. The monoisotopic (exact) mass is 292 g/mol. The topological polar surface area (TPSA) is 32.3 Å². The van der Waals surface area contributed by atoms with E-state index in [1.54, 1.807) is 12.1 Å². The van der Waals surface area contributed by atoms with E-state index in [4.69, 9.17) is 11.6 Å². The molecule has 0 spiro atoms. The van der Waals surface area contributed by atoms with Crippen molar-refractivity contribution in [2.24, 2.45) is 0 Å². The van der Waals surface area contributed by atoms with E-state index in [9.17, 15) is 9.18 Å². The minimum Gasteiger partial charge on any atom is -0.343 e. The standard InChI is InChI=1S/C15H14ClFN2O/c1-19(11-7-3-2-4-8-11)13-10-6-5-9-12(13)18-15(20)14(16)17/h2-10,14H,1H3,(H,18,20). The van der Waals surface area contributed by atoms with E-state index in [1.807, 2.05) is 54.4 Å². The van der Waals surface area contributed by atoms with E-state index in [2.05, 4.69) is 5.32 Å². The van der Waals surface area contributed by atoms with Gasteiger partial charge in [-0.3, -0.25) is 4.79 Å². The Morgan fingerprint density at radius 3 is 2.40 bits per heavy atom. The highest BCUT2D eigenvalue weighted by Crippen LogP contribution is 2.30. The Bertz CT molecular complexity index is 589. The largest absolute Gasteiger partial charge is 0.343 e. The minimum absolute atomic E-state index is 0.507. The number of benzene rings is 2. The number of anilines is 3. The first-order valence-corrected chi connectivity index (χ1v) is 6.50. The van der Waals surface area contributed by atoms with Crippen LogP contribution in [0.5, 0.6) is 0 Å². The van der Waals surface area contributed by atoms with Crippen molar-refractivity contribution in [1.82, 2.24) is 0 Å². The number of para-hydroxylation sites is 3. The first kappa shape index (κ1) is 14.3. The second-order valence-corrected chi connectivity index (χ2v) is 4.58. The fourth-order valence-electron chi connectivity index (χ4n) is 1.85. The van der Waals surface area contributed by atoms with Gasteiger partial charge in [0.05, 0.1) is 11.4 Å². The molecule has 0 heterocycles. The van der Waals surface area contributed by atoms with E-state index >= 15 is 0 Å². The summed E-state index contributed by atoms with van der Waals surface area (Å²) in [6.45, 7) is 0. The Balaban J connectivity index is 2.30. The molecule has 0 radical (unpaired) electrons. The molecule has 0 saturated carbocycles. The number of nitrogens with zero attached hydrogens (tertiary/aromatic N) is 1. The zero-order chi connectivity index (χ0) is 14.5. The van der Waals surface area contributed by atoms with Crippen molar-refractivity contribution in [2.75, 3.05) is 17.3 Å². The third-order valence-corrected chi connectivity index (χ3v) is 3.06. The molecule has 1 amide bonds. The fraction of sp³-hybridized carbons (Fsp3) is 0.133. The van der Waals surface area contributed by atoms with Crippen molar-refractivity contribution in [3.8, 4) is 0 Å². The molecule has 0 aliphatic heterocycles. The zero-order valence-electron chi connectivity index (χ0n) is 10.9. The van der Waals surface area contributed by atoms with Crippen LogP contribution in [0.3, 0.4) is 0 Å². The van der Waals surface area contributed by atoms with Crippen molar-refractivity contribution >= 4 is 34.6 Å². The van der Waals surface area contributed by atoms with Crippen LogP contribution in [0.15, 0.2) is 54.6 Å². The van der Waals surface area contributed by atoms with Gasteiger partial charge in [-0.1, -0.05) is 41.9 Å². The van der Waals surface area contributed by atoms with Crippen LogP contribution in [0.1, 0.15) is 0 Å². The van der Waals surface area contributed by atoms with Gasteiger partial charge in [-0.2, -0.15) is 0 Å². The fourth-order valence-corrected chi connectivity index (χ4v) is 1.90. The van der Waals surface area contributed by atoms with Crippen molar-refractivity contribution in [3.63, 3.8) is 0 Å². The van der Waals surface area contributed by atoms with Crippen LogP contribution in [0.4, 0.5) is 21.5 Å². The van der Waals surface area contributed by atoms with Gasteiger partial charge in [0.25, 0.3) is 11.5 Å². The molecule has 0 saturated heterocycles. The second-order valence-electron chi connectivity index (χ2n) is 4.20. The maximum atomic E-state index is 12.8. The van der Waals surface area contributed by atoms with Crippen LogP contribution in [-0.2, 0) is 4.79 Å². The predicted octanol–water partition coefficient (Wildman–Crippen LogP) is 3.93. The number of hydrogen-bond donors (Lipinski definition) is 1. The van der Waals surface area contributed by atoms with Gasteiger partial charge in [-0.25, -0.2) is 4.39 Å². The average Bonchev–Trinajstić information content (AvgIpc) is 2.48. The summed E-state index contributed by atoms with van der Waals surface area (Å²) in [4.78, 5) is 13.3. The van der Waals surface area contributed by atoms with E-state index in [-0.39, 0.29) is 0 Å². The lowest BCUT2D eigenvalue weighted by Gasteiger charge is -2.22. The van der Waals surface area contributed by atoms with Crippen LogP contribution >= 0.6 is 11.6 Å². The summed E-state index contributed by atoms with van der Waals surface area (Å²) in [6.07, 6.45) is 0. The molecule has 0 aromatic heterocycles. The Morgan fingerprint density at radius 2 is 1.75 bits per heavy atom. The molecule has 2 rings (SSSR count). The molecule has 0 aliphatic carbocycles. The van der Waals surface area contributed by atoms with E-state index in [0.29, 0.717) is 5.69 Å². The van der Waals surface area contributed by atoms with Crippen molar-refractivity contribution < 1.29 is 9.18 Å². The van der Waals surface area contributed by atoms with Crippen LogP contribution in [-0.4, -0.2) is 18.6 Å². The van der Waals surface area contributed by atoms with Crippen molar-refractivity contribution in [2.45, 2.75) is 5.63 Å². The quantitative estimate of drug-likeness (QED) is 0.866. The van der Waals surface area contributed by atoms with Gasteiger partial charge in [0, 0.05) is 12.7 Å². The van der Waals surface area contributed by atoms with Gasteiger partial charge in [-0.05, 0) is 24.3 Å². The van der Waals surface area contributed by atoms with E-state index < -0.39 is 11.5 Å². The van der Waals surface area contributed by atoms with Gasteiger partial charge in [0.2, 0.25) is 0 Å². The summed E-state index contributed by atoms with van der Waals surface area (Å²) in [5.74, 6) is -0.874. The molecule has 20 heavy (non-hydrogen) atoms. The molecule has 0 bridgehead atoms.